The maximum Gasteiger partial charge on any atom is 0.121 e. The highest BCUT2D eigenvalue weighted by atomic mass is 16.5. The molecule has 78 valence electrons. The van der Waals surface area contributed by atoms with E-state index in [9.17, 15) is 0 Å². The molecule has 0 aliphatic heterocycles. The van der Waals surface area contributed by atoms with E-state index in [1.165, 1.54) is 5.56 Å². The molecule has 0 saturated carbocycles. The van der Waals surface area contributed by atoms with Crippen LogP contribution in [0.15, 0.2) is 18.2 Å². The minimum Gasteiger partial charge on any atom is -0.496 e. The molecule has 1 rings (SSSR count). The number of rotatable bonds is 5. The van der Waals surface area contributed by atoms with Crippen molar-refractivity contribution in [3.8, 4) is 5.75 Å². The summed E-state index contributed by atoms with van der Waals surface area (Å²) in [5.41, 5.74) is 4.91. The molecule has 14 heavy (non-hydrogen) atoms. The normalized spacial score (nSPS) is 10.2. The van der Waals surface area contributed by atoms with Crippen LogP contribution in [-0.2, 0) is 6.54 Å². The van der Waals surface area contributed by atoms with Gasteiger partial charge < -0.3 is 4.74 Å². The average molecular weight is 195 g/mol. The summed E-state index contributed by atoms with van der Waals surface area (Å²) in [5.74, 6) is 6.06. The highest BCUT2D eigenvalue weighted by Crippen LogP contribution is 2.18. The zero-order valence-electron chi connectivity index (χ0n) is 8.63. The number of hydrogen-bond acceptors (Lipinski definition) is 4. The number of methoxy groups -OCH3 is 1. The molecule has 0 aliphatic rings. The van der Waals surface area contributed by atoms with Gasteiger partial charge in [-0.15, -0.1) is 0 Å². The Bertz CT molecular complexity index is 289. The molecule has 0 atom stereocenters. The van der Waals surface area contributed by atoms with Gasteiger partial charge in [0.15, 0.2) is 0 Å². The standard InChI is InChI=1S/C10H17N3O/c1-8-5-9(6-12-7-13-11)3-4-10(8)14-2/h3-5,12-13H,6-7,11H2,1-2H3. The predicted molar refractivity (Wildman–Crippen MR) is 56.8 cm³/mol. The summed E-state index contributed by atoms with van der Waals surface area (Å²) in [7, 11) is 1.68. The second-order valence-electron chi connectivity index (χ2n) is 3.11. The molecule has 0 radical (unpaired) electrons. The van der Waals surface area contributed by atoms with E-state index in [-0.39, 0.29) is 0 Å². The number of hydrogen-bond donors (Lipinski definition) is 3. The van der Waals surface area contributed by atoms with Crippen molar-refractivity contribution in [3.05, 3.63) is 29.3 Å². The van der Waals surface area contributed by atoms with Crippen molar-refractivity contribution >= 4 is 0 Å². The number of nitrogens with two attached hydrogens (primary N) is 1. The van der Waals surface area contributed by atoms with Gasteiger partial charge in [-0.25, -0.2) is 5.43 Å². The second-order valence-corrected chi connectivity index (χ2v) is 3.11. The van der Waals surface area contributed by atoms with Crippen LogP contribution >= 0.6 is 0 Å². The van der Waals surface area contributed by atoms with E-state index in [0.717, 1.165) is 17.9 Å². The van der Waals surface area contributed by atoms with Crippen LogP contribution in [0.3, 0.4) is 0 Å². The van der Waals surface area contributed by atoms with Crippen molar-refractivity contribution < 1.29 is 4.74 Å². The van der Waals surface area contributed by atoms with Gasteiger partial charge in [0.2, 0.25) is 0 Å². The number of benzene rings is 1. The molecular weight excluding hydrogens is 178 g/mol. The molecular formula is C10H17N3O. The third kappa shape index (κ3) is 2.99. The maximum atomic E-state index is 5.17. The van der Waals surface area contributed by atoms with Gasteiger partial charge in [-0.3, -0.25) is 11.2 Å². The fraction of sp³-hybridized carbons (Fsp3) is 0.400. The predicted octanol–water partition coefficient (Wildman–Crippen LogP) is 0.514. The number of ether oxygens (including phenoxy) is 1. The summed E-state index contributed by atoms with van der Waals surface area (Å²) >= 11 is 0. The van der Waals surface area contributed by atoms with Crippen LogP contribution in [0.5, 0.6) is 5.75 Å². The first kappa shape index (κ1) is 11.0. The quantitative estimate of drug-likeness (QED) is 0.277. The molecule has 1 aromatic rings. The smallest absolute Gasteiger partial charge is 0.121 e. The van der Waals surface area contributed by atoms with E-state index in [0.29, 0.717) is 6.67 Å². The Morgan fingerprint density at radius 3 is 2.79 bits per heavy atom. The Morgan fingerprint density at radius 2 is 2.21 bits per heavy atom. The van der Waals surface area contributed by atoms with Crippen LogP contribution in [0.2, 0.25) is 0 Å². The molecule has 0 heterocycles. The lowest BCUT2D eigenvalue weighted by Crippen LogP contribution is -2.33. The number of aryl methyl sites for hydroxylation is 1. The molecule has 0 saturated heterocycles. The Morgan fingerprint density at radius 1 is 1.43 bits per heavy atom. The third-order valence-corrected chi connectivity index (χ3v) is 2.02. The van der Waals surface area contributed by atoms with E-state index < -0.39 is 0 Å². The molecule has 0 amide bonds. The lowest BCUT2D eigenvalue weighted by Gasteiger charge is -2.08. The van der Waals surface area contributed by atoms with Crippen LogP contribution in [0.4, 0.5) is 0 Å². The van der Waals surface area contributed by atoms with Gasteiger partial charge in [0.05, 0.1) is 13.8 Å². The van der Waals surface area contributed by atoms with Gasteiger partial charge in [-0.05, 0) is 24.1 Å². The Balaban J connectivity index is 2.57. The highest BCUT2D eigenvalue weighted by Gasteiger charge is 1.98. The van der Waals surface area contributed by atoms with Gasteiger partial charge in [-0.1, -0.05) is 12.1 Å². The van der Waals surface area contributed by atoms with Gasteiger partial charge in [0.1, 0.15) is 5.75 Å². The van der Waals surface area contributed by atoms with Crippen molar-refractivity contribution in [2.45, 2.75) is 13.5 Å². The largest absolute Gasteiger partial charge is 0.496 e. The van der Waals surface area contributed by atoms with Gasteiger partial charge in [0.25, 0.3) is 0 Å². The van der Waals surface area contributed by atoms with Crippen molar-refractivity contribution in [2.75, 3.05) is 13.8 Å². The van der Waals surface area contributed by atoms with Gasteiger partial charge >= 0.3 is 0 Å². The van der Waals surface area contributed by atoms with Crippen molar-refractivity contribution in [1.82, 2.24) is 10.7 Å². The van der Waals surface area contributed by atoms with Crippen LogP contribution in [0.1, 0.15) is 11.1 Å². The van der Waals surface area contributed by atoms with E-state index in [1.54, 1.807) is 7.11 Å². The summed E-state index contributed by atoms with van der Waals surface area (Å²) in [6.07, 6.45) is 0. The first-order valence-corrected chi connectivity index (χ1v) is 4.55. The number of nitrogens with one attached hydrogen (secondary N) is 2. The first-order chi connectivity index (χ1) is 6.77. The minimum absolute atomic E-state index is 0.602. The molecule has 0 unspecified atom stereocenters. The van der Waals surface area contributed by atoms with Crippen LogP contribution < -0.4 is 21.3 Å². The molecule has 4 N–H and O–H groups in total. The number of hydrazine groups is 1. The van der Waals surface area contributed by atoms with E-state index in [1.807, 2.05) is 19.1 Å². The van der Waals surface area contributed by atoms with E-state index in [2.05, 4.69) is 16.8 Å². The zero-order chi connectivity index (χ0) is 10.4. The van der Waals surface area contributed by atoms with Gasteiger partial charge in [0, 0.05) is 6.54 Å². The lowest BCUT2D eigenvalue weighted by atomic mass is 10.1. The van der Waals surface area contributed by atoms with E-state index >= 15 is 0 Å². The molecule has 0 aliphatic carbocycles. The Labute approximate surface area is 84.4 Å². The summed E-state index contributed by atoms with van der Waals surface area (Å²) in [5, 5.41) is 3.14. The molecule has 0 spiro atoms. The molecule has 0 bridgehead atoms. The fourth-order valence-corrected chi connectivity index (χ4v) is 1.33. The highest BCUT2D eigenvalue weighted by molar-refractivity contribution is 5.36. The van der Waals surface area contributed by atoms with Gasteiger partial charge in [-0.2, -0.15) is 0 Å². The SMILES string of the molecule is COc1ccc(CNCNN)cc1C. The zero-order valence-corrected chi connectivity index (χ0v) is 8.63. The summed E-state index contributed by atoms with van der Waals surface area (Å²) < 4.78 is 5.17. The molecule has 0 aromatic heterocycles. The maximum absolute atomic E-state index is 5.17. The summed E-state index contributed by atoms with van der Waals surface area (Å²) in [4.78, 5) is 0. The van der Waals surface area contributed by atoms with Crippen LogP contribution in [-0.4, -0.2) is 13.8 Å². The van der Waals surface area contributed by atoms with Crippen molar-refractivity contribution in [3.63, 3.8) is 0 Å². The summed E-state index contributed by atoms with van der Waals surface area (Å²) in [6, 6.07) is 6.11. The topological polar surface area (TPSA) is 59.3 Å². The Kier molecular flexibility index (Phi) is 4.39. The Hall–Kier alpha value is -1.10. The van der Waals surface area contributed by atoms with Crippen molar-refractivity contribution in [2.24, 2.45) is 5.84 Å². The monoisotopic (exact) mass is 195 g/mol. The average Bonchev–Trinajstić information content (AvgIpc) is 2.18. The fourth-order valence-electron chi connectivity index (χ4n) is 1.33. The summed E-state index contributed by atoms with van der Waals surface area (Å²) in [6.45, 7) is 3.43. The van der Waals surface area contributed by atoms with Crippen LogP contribution in [0.25, 0.3) is 0 Å². The van der Waals surface area contributed by atoms with Crippen molar-refractivity contribution in [1.29, 1.82) is 0 Å². The first-order valence-electron chi connectivity index (χ1n) is 4.55. The minimum atomic E-state index is 0.602. The molecule has 4 heteroatoms. The third-order valence-electron chi connectivity index (χ3n) is 2.02. The molecule has 1 aromatic carbocycles. The second kappa shape index (κ2) is 5.59. The van der Waals surface area contributed by atoms with Crippen LogP contribution in [0, 0.1) is 6.92 Å². The molecule has 4 nitrogen and oxygen atoms in total. The lowest BCUT2D eigenvalue weighted by molar-refractivity contribution is 0.411. The van der Waals surface area contributed by atoms with E-state index in [4.69, 9.17) is 10.6 Å². The molecule has 0 fully saturated rings.